The minimum atomic E-state index is -0.698. The van der Waals surface area contributed by atoms with Crippen molar-refractivity contribution < 1.29 is 14.7 Å². The summed E-state index contributed by atoms with van der Waals surface area (Å²) < 4.78 is 0. The zero-order chi connectivity index (χ0) is 21.0. The monoisotopic (exact) mass is 413 g/mol. The molecule has 1 atom stereocenters. The quantitative estimate of drug-likeness (QED) is 0.427. The van der Waals surface area contributed by atoms with Crippen LogP contribution in [0.25, 0.3) is 5.76 Å². The second kappa shape index (κ2) is 9.20. The Morgan fingerprint density at radius 2 is 1.97 bits per heavy atom. The van der Waals surface area contributed by atoms with Gasteiger partial charge < -0.3 is 14.9 Å². The Bertz CT molecular complexity index is 926. The van der Waals surface area contributed by atoms with Crippen molar-refractivity contribution in [2.24, 2.45) is 0 Å². The van der Waals surface area contributed by atoms with Crippen LogP contribution >= 0.6 is 11.6 Å². The van der Waals surface area contributed by atoms with Crippen molar-refractivity contribution in [3.05, 3.63) is 70.5 Å². The third-order valence-corrected chi connectivity index (χ3v) is 5.42. The molecule has 1 saturated heterocycles. The molecule has 1 fully saturated rings. The van der Waals surface area contributed by atoms with Crippen LogP contribution in [0.1, 0.15) is 31.0 Å². The molecule has 1 aliphatic rings. The summed E-state index contributed by atoms with van der Waals surface area (Å²) in [5.41, 5.74) is 1.13. The van der Waals surface area contributed by atoms with Gasteiger partial charge >= 0.3 is 0 Å². The van der Waals surface area contributed by atoms with Crippen LogP contribution in [0, 0.1) is 0 Å². The van der Waals surface area contributed by atoms with Crippen molar-refractivity contribution in [1.82, 2.24) is 14.8 Å². The van der Waals surface area contributed by atoms with Gasteiger partial charge in [0.05, 0.1) is 11.6 Å². The topological polar surface area (TPSA) is 73.7 Å². The van der Waals surface area contributed by atoms with Gasteiger partial charge in [-0.05, 0) is 36.9 Å². The van der Waals surface area contributed by atoms with E-state index in [0.717, 1.165) is 13.1 Å². The Hall–Kier alpha value is -2.70. The van der Waals surface area contributed by atoms with Gasteiger partial charge in [0, 0.05) is 36.1 Å². The first-order chi connectivity index (χ1) is 14.0. The first-order valence-electron chi connectivity index (χ1n) is 9.64. The van der Waals surface area contributed by atoms with E-state index >= 15 is 0 Å². The van der Waals surface area contributed by atoms with Crippen molar-refractivity contribution in [2.45, 2.75) is 19.9 Å². The molecule has 0 radical (unpaired) electrons. The molecule has 1 aromatic heterocycles. The van der Waals surface area contributed by atoms with Gasteiger partial charge in [-0.3, -0.25) is 14.6 Å². The number of likely N-dealkylation sites (N-methyl/N-ethyl adjacent to an activating group) is 1. The Morgan fingerprint density at radius 1 is 1.21 bits per heavy atom. The number of ketones is 1. The van der Waals surface area contributed by atoms with E-state index in [1.54, 1.807) is 48.8 Å². The number of carbonyl (C=O) groups is 2. The molecule has 6 nitrogen and oxygen atoms in total. The van der Waals surface area contributed by atoms with Crippen LogP contribution in [-0.2, 0) is 9.59 Å². The lowest BCUT2D eigenvalue weighted by Crippen LogP contribution is -2.38. The van der Waals surface area contributed by atoms with Gasteiger partial charge in [0.25, 0.3) is 11.7 Å². The lowest BCUT2D eigenvalue weighted by atomic mass is 9.96. The molecule has 1 amide bonds. The second-order valence-corrected chi connectivity index (χ2v) is 7.25. The van der Waals surface area contributed by atoms with E-state index in [9.17, 15) is 14.7 Å². The van der Waals surface area contributed by atoms with Crippen LogP contribution in [0.15, 0.2) is 54.4 Å². The molecule has 152 valence electrons. The normalized spacial score (nSPS) is 18.6. The number of benzene rings is 1. The molecule has 29 heavy (non-hydrogen) atoms. The van der Waals surface area contributed by atoms with Gasteiger partial charge in [-0.15, -0.1) is 0 Å². The lowest BCUT2D eigenvalue weighted by Gasteiger charge is -2.28. The van der Waals surface area contributed by atoms with E-state index < -0.39 is 17.7 Å². The van der Waals surface area contributed by atoms with Gasteiger partial charge in [-0.2, -0.15) is 0 Å². The molecule has 2 aromatic rings. The second-order valence-electron chi connectivity index (χ2n) is 6.82. The minimum Gasteiger partial charge on any atom is -0.507 e. The van der Waals surface area contributed by atoms with E-state index in [0.29, 0.717) is 29.2 Å². The Labute approximate surface area is 175 Å². The first-order valence-corrected chi connectivity index (χ1v) is 10.0. The van der Waals surface area contributed by atoms with Crippen LogP contribution in [-0.4, -0.2) is 57.8 Å². The molecule has 0 aliphatic carbocycles. The largest absolute Gasteiger partial charge is 0.507 e. The average Bonchev–Trinajstić information content (AvgIpc) is 2.99. The van der Waals surface area contributed by atoms with Gasteiger partial charge in [0.2, 0.25) is 0 Å². The highest BCUT2D eigenvalue weighted by atomic mass is 35.5. The Balaban J connectivity index is 2.08. The molecule has 0 spiro atoms. The zero-order valence-electron chi connectivity index (χ0n) is 16.5. The van der Waals surface area contributed by atoms with Crippen LogP contribution < -0.4 is 0 Å². The molecule has 1 unspecified atom stereocenters. The van der Waals surface area contributed by atoms with Gasteiger partial charge in [0.1, 0.15) is 5.76 Å². The fourth-order valence-corrected chi connectivity index (χ4v) is 3.77. The zero-order valence-corrected chi connectivity index (χ0v) is 17.3. The molecule has 7 heteroatoms. The SMILES string of the molecule is CCN(CC)CCN1C(=O)C(=O)/C(=C(\O)c2cccc(Cl)c2)C1c1cccnc1. The number of Topliss-reactive ketones (excluding diaryl/α,β-unsaturated/α-hetero) is 1. The van der Waals surface area contributed by atoms with E-state index in [1.165, 1.54) is 4.90 Å². The van der Waals surface area contributed by atoms with Gasteiger partial charge in [-0.1, -0.05) is 43.6 Å². The number of likely N-dealkylation sites (tertiary alicyclic amines) is 1. The van der Waals surface area contributed by atoms with Crippen molar-refractivity contribution in [3.63, 3.8) is 0 Å². The molecule has 0 saturated carbocycles. The van der Waals surface area contributed by atoms with Crippen molar-refractivity contribution in [2.75, 3.05) is 26.2 Å². The van der Waals surface area contributed by atoms with E-state index in [2.05, 4.69) is 23.7 Å². The van der Waals surface area contributed by atoms with Crippen LogP contribution in [0.4, 0.5) is 0 Å². The summed E-state index contributed by atoms with van der Waals surface area (Å²) in [5.74, 6) is -1.55. The van der Waals surface area contributed by atoms with Gasteiger partial charge in [-0.25, -0.2) is 0 Å². The van der Waals surface area contributed by atoms with Crippen LogP contribution in [0.3, 0.4) is 0 Å². The third kappa shape index (κ3) is 4.33. The summed E-state index contributed by atoms with van der Waals surface area (Å²) in [6, 6.07) is 9.45. The molecular weight excluding hydrogens is 390 g/mol. The number of amides is 1. The van der Waals surface area contributed by atoms with E-state index in [1.807, 2.05) is 0 Å². The number of nitrogens with zero attached hydrogens (tertiary/aromatic N) is 3. The number of carbonyl (C=O) groups excluding carboxylic acids is 2. The Morgan fingerprint density at radius 3 is 2.59 bits per heavy atom. The van der Waals surface area contributed by atoms with E-state index in [-0.39, 0.29) is 11.3 Å². The molecular formula is C22H24ClN3O3. The molecule has 2 heterocycles. The number of hydrogen-bond donors (Lipinski definition) is 1. The summed E-state index contributed by atoms with van der Waals surface area (Å²) >= 11 is 6.05. The van der Waals surface area contributed by atoms with Crippen LogP contribution in [0.5, 0.6) is 0 Å². The van der Waals surface area contributed by atoms with Crippen molar-refractivity contribution in [3.8, 4) is 0 Å². The number of aliphatic hydroxyl groups is 1. The first kappa shape index (κ1) is 21.0. The molecule has 1 N–H and O–H groups in total. The number of pyridine rings is 1. The fraction of sp³-hybridized carbons (Fsp3) is 0.318. The summed E-state index contributed by atoms with van der Waals surface area (Å²) in [5, 5.41) is 11.4. The highest BCUT2D eigenvalue weighted by molar-refractivity contribution is 6.46. The Kier molecular flexibility index (Phi) is 6.67. The molecule has 3 rings (SSSR count). The van der Waals surface area contributed by atoms with Crippen molar-refractivity contribution >= 4 is 29.1 Å². The number of aliphatic hydroxyl groups excluding tert-OH is 1. The minimum absolute atomic E-state index is 0.0600. The maximum absolute atomic E-state index is 12.9. The summed E-state index contributed by atoms with van der Waals surface area (Å²) in [4.78, 5) is 33.6. The smallest absolute Gasteiger partial charge is 0.295 e. The molecule has 1 aromatic carbocycles. The predicted molar refractivity (Wildman–Crippen MR) is 112 cm³/mol. The number of hydrogen-bond acceptors (Lipinski definition) is 5. The average molecular weight is 414 g/mol. The maximum atomic E-state index is 12.9. The van der Waals surface area contributed by atoms with Crippen molar-refractivity contribution in [1.29, 1.82) is 0 Å². The summed E-state index contributed by atoms with van der Waals surface area (Å²) in [7, 11) is 0. The maximum Gasteiger partial charge on any atom is 0.295 e. The summed E-state index contributed by atoms with van der Waals surface area (Å²) in [6.45, 7) is 6.80. The third-order valence-electron chi connectivity index (χ3n) is 5.19. The van der Waals surface area contributed by atoms with Crippen LogP contribution in [0.2, 0.25) is 5.02 Å². The van der Waals surface area contributed by atoms with Gasteiger partial charge in [0.15, 0.2) is 0 Å². The molecule has 1 aliphatic heterocycles. The number of rotatable bonds is 7. The molecule has 0 bridgehead atoms. The standard InChI is InChI=1S/C22H24ClN3O3/c1-3-25(4-2)11-12-26-19(16-8-6-10-24-14-16)18(21(28)22(26)29)20(27)15-7-5-9-17(23)13-15/h5-10,13-14,19,27H,3-4,11-12H2,1-2H3/b20-18-. The number of aromatic nitrogens is 1. The number of halogens is 1. The lowest BCUT2D eigenvalue weighted by molar-refractivity contribution is -0.140. The predicted octanol–water partition coefficient (Wildman–Crippen LogP) is 3.50. The van der Waals surface area contributed by atoms with E-state index in [4.69, 9.17) is 11.6 Å². The highest BCUT2D eigenvalue weighted by Crippen LogP contribution is 2.39. The highest BCUT2D eigenvalue weighted by Gasteiger charge is 2.46. The summed E-state index contributed by atoms with van der Waals surface area (Å²) in [6.07, 6.45) is 3.24. The fourth-order valence-electron chi connectivity index (χ4n) is 3.58.